The average Bonchev–Trinajstić information content (AvgIpc) is 2.97. The summed E-state index contributed by atoms with van der Waals surface area (Å²) in [6, 6.07) is 20.8. The van der Waals surface area contributed by atoms with E-state index >= 15 is 0 Å². The number of para-hydroxylation sites is 1. The molecule has 0 aliphatic heterocycles. The molecule has 0 saturated carbocycles. The monoisotopic (exact) mass is 542 g/mol. The van der Waals surface area contributed by atoms with Gasteiger partial charge in [-0.15, -0.1) is 0 Å². The number of nitrogens with one attached hydrogen (secondary N) is 4. The molecule has 4 rings (SSSR count). The van der Waals surface area contributed by atoms with E-state index in [1.165, 1.54) is 14.2 Å². The van der Waals surface area contributed by atoms with Gasteiger partial charge < -0.3 is 30.5 Å². The van der Waals surface area contributed by atoms with Crippen molar-refractivity contribution < 1.29 is 23.9 Å². The minimum Gasteiger partial charge on any atom is -0.497 e. The van der Waals surface area contributed by atoms with Crippen LogP contribution in [0.4, 0.5) is 5.69 Å². The van der Waals surface area contributed by atoms with Gasteiger partial charge in [-0.05, 0) is 43.3 Å². The zero-order chi connectivity index (χ0) is 29.2. The number of benzene rings is 3. The number of carbonyl (C=O) groups excluding carboxylic acids is 3. The highest BCUT2D eigenvalue weighted by Gasteiger charge is 2.17. The fourth-order valence-electron chi connectivity index (χ4n) is 3.92. The van der Waals surface area contributed by atoms with Crippen LogP contribution in [0.25, 0.3) is 10.9 Å². The first kappa shape index (κ1) is 29.3. The number of carbonyl (C=O) groups is 3. The number of fused-ring (bicyclic) bond motifs is 1. The normalized spacial score (nSPS) is 10.1. The summed E-state index contributed by atoms with van der Waals surface area (Å²) in [5.41, 5.74) is 2.61. The van der Waals surface area contributed by atoms with Crippen molar-refractivity contribution in [2.75, 3.05) is 26.6 Å². The zero-order valence-corrected chi connectivity index (χ0v) is 22.6. The van der Waals surface area contributed by atoms with Gasteiger partial charge >= 0.3 is 5.97 Å². The number of ether oxygens (including phenoxy) is 2. The van der Waals surface area contributed by atoms with Gasteiger partial charge in [-0.2, -0.15) is 0 Å². The molecule has 0 aliphatic carbocycles. The Morgan fingerprint density at radius 3 is 2.15 bits per heavy atom. The molecule has 3 aromatic carbocycles. The third kappa shape index (κ3) is 6.98. The Balaban J connectivity index is 0.000000238. The summed E-state index contributed by atoms with van der Waals surface area (Å²) in [5.74, 6) is -0.400. The van der Waals surface area contributed by atoms with E-state index in [2.05, 4.69) is 20.4 Å². The molecule has 1 heterocycles. The summed E-state index contributed by atoms with van der Waals surface area (Å²) in [6.07, 6.45) is -0.125. The van der Waals surface area contributed by atoms with Gasteiger partial charge in [0, 0.05) is 46.0 Å². The molecule has 10 heteroatoms. The number of H-pyrrole nitrogens is 1. The van der Waals surface area contributed by atoms with Gasteiger partial charge in [0.15, 0.2) is 0 Å². The molecule has 10 nitrogen and oxygen atoms in total. The van der Waals surface area contributed by atoms with Crippen LogP contribution in [0.15, 0.2) is 77.6 Å². The summed E-state index contributed by atoms with van der Waals surface area (Å²) >= 11 is 0. The van der Waals surface area contributed by atoms with Crippen molar-refractivity contribution in [1.29, 1.82) is 5.41 Å². The van der Waals surface area contributed by atoms with Crippen molar-refractivity contribution in [2.24, 2.45) is 0 Å². The number of aromatic nitrogens is 1. The lowest BCUT2D eigenvalue weighted by Crippen LogP contribution is -2.23. The molecule has 40 heavy (non-hydrogen) atoms. The van der Waals surface area contributed by atoms with E-state index < -0.39 is 5.97 Å². The molecular formula is C30H30N4O6. The molecule has 0 atom stereocenters. The van der Waals surface area contributed by atoms with Crippen LogP contribution in [0, 0.1) is 12.3 Å². The molecular weight excluding hydrogens is 512 g/mol. The Bertz CT molecular complexity index is 1610. The lowest BCUT2D eigenvalue weighted by molar-refractivity contribution is -0.115. The number of anilines is 1. The predicted octanol–water partition coefficient (Wildman–Crippen LogP) is 4.07. The average molecular weight is 543 g/mol. The smallest absolute Gasteiger partial charge is 0.339 e. The minimum absolute atomic E-state index is 0.0835. The maximum atomic E-state index is 12.1. The van der Waals surface area contributed by atoms with E-state index in [0.717, 1.165) is 0 Å². The van der Waals surface area contributed by atoms with Crippen molar-refractivity contribution >= 4 is 40.1 Å². The number of rotatable bonds is 7. The second-order valence-corrected chi connectivity index (χ2v) is 8.55. The highest BCUT2D eigenvalue weighted by atomic mass is 16.5. The van der Waals surface area contributed by atoms with Gasteiger partial charge in [0.05, 0.1) is 26.2 Å². The van der Waals surface area contributed by atoms with Gasteiger partial charge in [0.2, 0.25) is 5.91 Å². The SMILES string of the molecule is CNC(=O)c1ccccc1C(=N)CC(=O)Nc1ccc(OC)cc1.COC(=O)c1c(C)c(=O)[nH]c2ccccc12. The van der Waals surface area contributed by atoms with E-state index in [1.807, 2.05) is 6.07 Å². The number of amides is 2. The van der Waals surface area contributed by atoms with E-state index in [1.54, 1.807) is 80.8 Å². The molecule has 4 N–H and O–H groups in total. The molecule has 0 spiro atoms. The minimum atomic E-state index is -0.486. The number of esters is 1. The Morgan fingerprint density at radius 2 is 1.52 bits per heavy atom. The number of methoxy groups -OCH3 is 2. The fraction of sp³-hybridized carbons (Fsp3) is 0.167. The summed E-state index contributed by atoms with van der Waals surface area (Å²) in [5, 5.41) is 14.1. The van der Waals surface area contributed by atoms with Crippen LogP contribution in [-0.2, 0) is 9.53 Å². The molecule has 4 aromatic rings. The number of pyridine rings is 1. The van der Waals surface area contributed by atoms with Crippen molar-refractivity contribution in [3.05, 3.63) is 105 Å². The first-order chi connectivity index (χ1) is 19.2. The summed E-state index contributed by atoms with van der Waals surface area (Å²) in [4.78, 5) is 49.9. The van der Waals surface area contributed by atoms with Crippen molar-refractivity contribution in [2.45, 2.75) is 13.3 Å². The quantitative estimate of drug-likeness (QED) is 0.204. The summed E-state index contributed by atoms with van der Waals surface area (Å²) in [6.45, 7) is 1.61. The lowest BCUT2D eigenvalue weighted by Gasteiger charge is -2.10. The Morgan fingerprint density at radius 1 is 0.900 bits per heavy atom. The van der Waals surface area contributed by atoms with Crippen LogP contribution in [-0.4, -0.2) is 49.7 Å². The fourth-order valence-corrected chi connectivity index (χ4v) is 3.92. The first-order valence-electron chi connectivity index (χ1n) is 12.2. The Hall–Kier alpha value is -5.25. The van der Waals surface area contributed by atoms with Crippen molar-refractivity contribution in [3.63, 3.8) is 0 Å². The van der Waals surface area contributed by atoms with Gasteiger partial charge in [0.1, 0.15) is 5.75 Å². The van der Waals surface area contributed by atoms with E-state index in [-0.39, 0.29) is 29.5 Å². The molecule has 2 amide bonds. The molecule has 1 aromatic heterocycles. The molecule has 206 valence electrons. The van der Waals surface area contributed by atoms with Crippen LogP contribution in [0.1, 0.15) is 38.3 Å². The molecule has 0 saturated heterocycles. The number of hydrogen-bond acceptors (Lipinski definition) is 7. The lowest BCUT2D eigenvalue weighted by atomic mass is 10.00. The van der Waals surface area contributed by atoms with Crippen LogP contribution < -0.4 is 20.9 Å². The molecule has 0 unspecified atom stereocenters. The van der Waals surface area contributed by atoms with Crippen molar-refractivity contribution in [3.8, 4) is 5.75 Å². The highest BCUT2D eigenvalue weighted by molar-refractivity contribution is 6.16. The Kier molecular flexibility index (Phi) is 9.90. The molecule has 0 bridgehead atoms. The Labute approximate surface area is 230 Å². The maximum Gasteiger partial charge on any atom is 0.339 e. The third-order valence-electron chi connectivity index (χ3n) is 5.98. The van der Waals surface area contributed by atoms with Gasteiger partial charge in [0.25, 0.3) is 11.5 Å². The van der Waals surface area contributed by atoms with Crippen molar-refractivity contribution in [1.82, 2.24) is 10.3 Å². The largest absolute Gasteiger partial charge is 0.497 e. The highest BCUT2D eigenvalue weighted by Crippen LogP contribution is 2.19. The van der Waals surface area contributed by atoms with Crippen LogP contribution in [0.5, 0.6) is 5.75 Å². The third-order valence-corrected chi connectivity index (χ3v) is 5.98. The summed E-state index contributed by atoms with van der Waals surface area (Å²) in [7, 11) is 4.40. The predicted molar refractivity (Wildman–Crippen MR) is 154 cm³/mol. The zero-order valence-electron chi connectivity index (χ0n) is 22.6. The number of aromatic amines is 1. The second kappa shape index (κ2) is 13.5. The standard InChI is InChI=1S/C18H19N3O3.C12H11NO3/c1-20-18(23)15-6-4-3-5-14(15)16(19)11-17(22)21-12-7-9-13(24-2)10-8-12;1-7-10(12(15)16-2)8-5-3-4-6-9(8)13-11(7)14/h3-10,19H,11H2,1-2H3,(H,20,23)(H,21,22);3-6H,1-2H3,(H,13,14). The van der Waals surface area contributed by atoms with Crippen LogP contribution in [0.3, 0.4) is 0 Å². The van der Waals surface area contributed by atoms with Crippen LogP contribution in [0.2, 0.25) is 0 Å². The molecule has 0 radical (unpaired) electrons. The van der Waals surface area contributed by atoms with E-state index in [4.69, 9.17) is 10.1 Å². The second-order valence-electron chi connectivity index (χ2n) is 8.55. The van der Waals surface area contributed by atoms with Gasteiger partial charge in [-0.3, -0.25) is 14.4 Å². The maximum absolute atomic E-state index is 12.1. The van der Waals surface area contributed by atoms with Gasteiger partial charge in [-0.1, -0.05) is 36.4 Å². The topological polar surface area (TPSA) is 150 Å². The summed E-state index contributed by atoms with van der Waals surface area (Å²) < 4.78 is 9.75. The van der Waals surface area contributed by atoms with E-state index in [0.29, 0.717) is 44.6 Å². The van der Waals surface area contributed by atoms with Crippen LogP contribution >= 0.6 is 0 Å². The van der Waals surface area contributed by atoms with Gasteiger partial charge in [-0.25, -0.2) is 4.79 Å². The number of hydrogen-bond donors (Lipinski definition) is 4. The first-order valence-corrected chi connectivity index (χ1v) is 12.2. The van der Waals surface area contributed by atoms with E-state index in [9.17, 15) is 19.2 Å². The molecule has 0 fully saturated rings. The molecule has 0 aliphatic rings.